The smallest absolute Gasteiger partial charge is 0.185 e. The Bertz CT molecular complexity index is 346. The highest BCUT2D eigenvalue weighted by Crippen LogP contribution is 2.33. The molecule has 0 aliphatic heterocycles. The van der Waals surface area contributed by atoms with Crippen LogP contribution in [0.15, 0.2) is 5.38 Å². The van der Waals surface area contributed by atoms with E-state index in [1.54, 1.807) is 11.3 Å². The van der Waals surface area contributed by atoms with Crippen LogP contribution in [0.4, 0.5) is 5.13 Å². The lowest BCUT2D eigenvalue weighted by molar-refractivity contribution is 0.560. The van der Waals surface area contributed by atoms with Crippen LogP contribution in [0.2, 0.25) is 0 Å². The van der Waals surface area contributed by atoms with Crippen LogP contribution in [0.25, 0.3) is 0 Å². The number of rotatable bonds is 7. The van der Waals surface area contributed by atoms with E-state index in [0.717, 1.165) is 19.1 Å². The molecule has 0 bridgehead atoms. The maximum Gasteiger partial charge on any atom is 0.185 e. The van der Waals surface area contributed by atoms with E-state index >= 15 is 0 Å². The summed E-state index contributed by atoms with van der Waals surface area (Å²) in [5.41, 5.74) is 1.19. The summed E-state index contributed by atoms with van der Waals surface area (Å²) < 4.78 is 0. The Morgan fingerprint density at radius 3 is 2.88 bits per heavy atom. The van der Waals surface area contributed by atoms with Gasteiger partial charge in [-0.3, -0.25) is 0 Å². The SMILES string of the molecule is CCCNC(C)c1csc(N(CC)C2CC2)n1. The van der Waals surface area contributed by atoms with Gasteiger partial charge in [-0.05, 0) is 39.7 Å². The van der Waals surface area contributed by atoms with E-state index in [-0.39, 0.29) is 0 Å². The fourth-order valence-corrected chi connectivity index (χ4v) is 3.06. The van der Waals surface area contributed by atoms with Crippen molar-refractivity contribution in [3.05, 3.63) is 11.1 Å². The molecule has 0 spiro atoms. The van der Waals surface area contributed by atoms with Crippen molar-refractivity contribution in [2.24, 2.45) is 0 Å². The lowest BCUT2D eigenvalue weighted by atomic mass is 10.2. The van der Waals surface area contributed by atoms with E-state index in [1.165, 1.54) is 30.1 Å². The number of thiazole rings is 1. The molecule has 1 aliphatic carbocycles. The second-order valence-electron chi connectivity index (χ2n) is 4.75. The monoisotopic (exact) mass is 253 g/mol. The number of aromatic nitrogens is 1. The molecule has 0 amide bonds. The molecule has 4 heteroatoms. The summed E-state index contributed by atoms with van der Waals surface area (Å²) in [7, 11) is 0. The van der Waals surface area contributed by atoms with E-state index in [0.29, 0.717) is 6.04 Å². The molecule has 17 heavy (non-hydrogen) atoms. The molecular weight excluding hydrogens is 230 g/mol. The molecule has 1 aliphatic rings. The fourth-order valence-electron chi connectivity index (χ4n) is 2.01. The summed E-state index contributed by atoms with van der Waals surface area (Å²) in [6.45, 7) is 8.75. The highest BCUT2D eigenvalue weighted by atomic mass is 32.1. The third-order valence-corrected chi connectivity index (χ3v) is 4.12. The second kappa shape index (κ2) is 5.83. The summed E-state index contributed by atoms with van der Waals surface area (Å²) in [5, 5.41) is 6.90. The third kappa shape index (κ3) is 3.19. The van der Waals surface area contributed by atoms with E-state index in [2.05, 4.69) is 36.4 Å². The Hall–Kier alpha value is -0.610. The van der Waals surface area contributed by atoms with E-state index in [1.807, 2.05) is 0 Å². The molecule has 1 N–H and O–H groups in total. The highest BCUT2D eigenvalue weighted by Gasteiger charge is 2.29. The molecule has 1 fully saturated rings. The van der Waals surface area contributed by atoms with Gasteiger partial charge in [-0.2, -0.15) is 0 Å². The first kappa shape index (κ1) is 12.8. The van der Waals surface area contributed by atoms with Crippen molar-refractivity contribution < 1.29 is 0 Å². The van der Waals surface area contributed by atoms with Crippen LogP contribution in [0.1, 0.15) is 51.8 Å². The fraction of sp³-hybridized carbons (Fsp3) is 0.769. The molecule has 1 unspecified atom stereocenters. The molecular formula is C13H23N3S. The first-order chi connectivity index (χ1) is 8.26. The van der Waals surface area contributed by atoms with Crippen LogP contribution >= 0.6 is 11.3 Å². The lowest BCUT2D eigenvalue weighted by Crippen LogP contribution is -2.25. The molecule has 0 aromatic carbocycles. The van der Waals surface area contributed by atoms with Gasteiger partial charge in [0.05, 0.1) is 5.69 Å². The van der Waals surface area contributed by atoms with Gasteiger partial charge in [0.2, 0.25) is 0 Å². The van der Waals surface area contributed by atoms with Crippen molar-refractivity contribution in [3.8, 4) is 0 Å². The maximum absolute atomic E-state index is 4.78. The van der Waals surface area contributed by atoms with Gasteiger partial charge in [0.25, 0.3) is 0 Å². The van der Waals surface area contributed by atoms with Crippen LogP contribution in [-0.4, -0.2) is 24.1 Å². The average molecular weight is 253 g/mol. The maximum atomic E-state index is 4.78. The summed E-state index contributed by atoms with van der Waals surface area (Å²) >= 11 is 1.79. The van der Waals surface area contributed by atoms with Crippen molar-refractivity contribution in [2.45, 2.75) is 52.1 Å². The zero-order valence-corrected chi connectivity index (χ0v) is 11.9. The zero-order valence-electron chi connectivity index (χ0n) is 11.1. The molecule has 1 aromatic rings. The van der Waals surface area contributed by atoms with Crippen LogP contribution in [0.3, 0.4) is 0 Å². The molecule has 3 nitrogen and oxygen atoms in total. The summed E-state index contributed by atoms with van der Waals surface area (Å²) in [6.07, 6.45) is 3.85. The van der Waals surface area contributed by atoms with Gasteiger partial charge in [0.15, 0.2) is 5.13 Å². The average Bonchev–Trinajstić information content (AvgIpc) is 3.04. The Morgan fingerprint density at radius 2 is 2.29 bits per heavy atom. The minimum Gasteiger partial charge on any atom is -0.345 e. The van der Waals surface area contributed by atoms with Crippen molar-refractivity contribution in [1.29, 1.82) is 0 Å². The van der Waals surface area contributed by atoms with E-state index in [9.17, 15) is 0 Å². The number of hydrogen-bond acceptors (Lipinski definition) is 4. The molecule has 0 radical (unpaired) electrons. The van der Waals surface area contributed by atoms with E-state index < -0.39 is 0 Å². The number of nitrogens with one attached hydrogen (secondary N) is 1. The highest BCUT2D eigenvalue weighted by molar-refractivity contribution is 7.13. The lowest BCUT2D eigenvalue weighted by Gasteiger charge is -2.18. The first-order valence-electron chi connectivity index (χ1n) is 6.71. The quantitative estimate of drug-likeness (QED) is 0.809. The molecule has 1 heterocycles. The first-order valence-corrected chi connectivity index (χ1v) is 7.59. The van der Waals surface area contributed by atoms with Crippen LogP contribution < -0.4 is 10.2 Å². The zero-order chi connectivity index (χ0) is 12.3. The Kier molecular flexibility index (Phi) is 4.40. The van der Waals surface area contributed by atoms with Gasteiger partial charge in [-0.25, -0.2) is 4.98 Å². The Labute approximate surface area is 108 Å². The van der Waals surface area contributed by atoms with Crippen LogP contribution in [0, 0.1) is 0 Å². The number of anilines is 1. The molecule has 1 saturated carbocycles. The topological polar surface area (TPSA) is 28.2 Å². The predicted octanol–water partition coefficient (Wildman–Crippen LogP) is 3.19. The summed E-state index contributed by atoms with van der Waals surface area (Å²) in [6, 6.07) is 1.13. The van der Waals surface area contributed by atoms with Crippen molar-refractivity contribution in [3.63, 3.8) is 0 Å². The van der Waals surface area contributed by atoms with Gasteiger partial charge in [-0.15, -0.1) is 11.3 Å². The molecule has 2 rings (SSSR count). The van der Waals surface area contributed by atoms with Gasteiger partial charge >= 0.3 is 0 Å². The Morgan fingerprint density at radius 1 is 1.53 bits per heavy atom. The standard InChI is InChI=1S/C13H23N3S/c1-4-8-14-10(3)12-9-17-13(15-12)16(5-2)11-6-7-11/h9-11,14H,4-8H2,1-3H3. The van der Waals surface area contributed by atoms with E-state index in [4.69, 9.17) is 4.98 Å². The van der Waals surface area contributed by atoms with Crippen LogP contribution in [-0.2, 0) is 0 Å². The second-order valence-corrected chi connectivity index (χ2v) is 5.58. The largest absolute Gasteiger partial charge is 0.345 e. The Balaban J connectivity index is 1.98. The van der Waals surface area contributed by atoms with Gasteiger partial charge in [-0.1, -0.05) is 6.92 Å². The minimum absolute atomic E-state index is 0.373. The third-order valence-electron chi connectivity index (χ3n) is 3.23. The van der Waals surface area contributed by atoms with Gasteiger partial charge in [0, 0.05) is 24.0 Å². The molecule has 1 atom stereocenters. The van der Waals surface area contributed by atoms with Crippen molar-refractivity contribution in [2.75, 3.05) is 18.0 Å². The van der Waals surface area contributed by atoms with Crippen LogP contribution in [0.5, 0.6) is 0 Å². The van der Waals surface area contributed by atoms with Crippen molar-refractivity contribution >= 4 is 16.5 Å². The summed E-state index contributed by atoms with van der Waals surface area (Å²) in [5.74, 6) is 0. The summed E-state index contributed by atoms with van der Waals surface area (Å²) in [4.78, 5) is 7.22. The number of nitrogens with zero attached hydrogens (tertiary/aromatic N) is 2. The molecule has 1 aromatic heterocycles. The minimum atomic E-state index is 0.373. The van der Waals surface area contributed by atoms with Crippen molar-refractivity contribution in [1.82, 2.24) is 10.3 Å². The number of hydrogen-bond donors (Lipinski definition) is 1. The molecule has 96 valence electrons. The normalized spacial score (nSPS) is 17.1. The van der Waals surface area contributed by atoms with Gasteiger partial charge < -0.3 is 10.2 Å². The predicted molar refractivity (Wildman–Crippen MR) is 74.9 cm³/mol. The molecule has 0 saturated heterocycles. The van der Waals surface area contributed by atoms with Gasteiger partial charge in [0.1, 0.15) is 0 Å².